The molecule has 3 nitrogen and oxygen atoms in total. The van der Waals surface area contributed by atoms with Crippen molar-refractivity contribution in [1.82, 2.24) is 4.98 Å². The fraction of sp³-hybridized carbons (Fsp3) is 0.333. The van der Waals surface area contributed by atoms with Gasteiger partial charge in [-0.3, -0.25) is 4.98 Å². The molecule has 0 N–H and O–H groups in total. The van der Waals surface area contributed by atoms with Crippen LogP contribution in [0.3, 0.4) is 0 Å². The molecule has 0 aromatic carbocycles. The molecular weight excluding hydrogens is 154 g/mol. The minimum Gasteiger partial charge on any atom is -0.454 e. The average molecular weight is 164 g/mol. The number of carbonyl (C=O) groups excluding carboxylic acids is 1. The summed E-state index contributed by atoms with van der Waals surface area (Å²) in [6.45, 7) is 3.25. The van der Waals surface area contributed by atoms with Crippen molar-refractivity contribution in [2.75, 3.05) is 0 Å². The molecule has 1 radical (unpaired) electrons. The van der Waals surface area contributed by atoms with Gasteiger partial charge in [0.15, 0.2) is 0 Å². The highest BCUT2D eigenvalue weighted by Gasteiger charge is 2.02. The topological polar surface area (TPSA) is 39.2 Å². The van der Waals surface area contributed by atoms with Crippen molar-refractivity contribution in [1.29, 1.82) is 0 Å². The Labute approximate surface area is 71.4 Å². The summed E-state index contributed by atoms with van der Waals surface area (Å²) < 4.78 is 4.62. The van der Waals surface area contributed by atoms with Gasteiger partial charge in [0.05, 0.1) is 0 Å². The molecule has 1 rings (SSSR count). The highest BCUT2D eigenvalue weighted by atomic mass is 16.5. The maximum absolute atomic E-state index is 9.85. The molecule has 1 unspecified atom stereocenters. The quantitative estimate of drug-likeness (QED) is 0.668. The average Bonchev–Trinajstić information content (AvgIpc) is 2.06. The number of rotatable bonds is 4. The maximum atomic E-state index is 9.85. The van der Waals surface area contributed by atoms with Gasteiger partial charge in [0.25, 0.3) is 0 Å². The van der Waals surface area contributed by atoms with Crippen LogP contribution < -0.4 is 0 Å². The fourth-order valence-electron chi connectivity index (χ4n) is 0.975. The van der Waals surface area contributed by atoms with E-state index in [1.54, 1.807) is 12.4 Å². The van der Waals surface area contributed by atoms with Gasteiger partial charge in [-0.1, -0.05) is 0 Å². The van der Waals surface area contributed by atoms with Crippen LogP contribution in [-0.4, -0.2) is 17.6 Å². The Kier molecular flexibility index (Phi) is 3.26. The molecule has 1 aromatic heterocycles. The standard InChI is InChI=1S/C9H10NO2/c1-8(12-7-11)6-9-2-4-10-5-3-9/h2-5,8H,6H2,1H3. The van der Waals surface area contributed by atoms with E-state index in [4.69, 9.17) is 0 Å². The van der Waals surface area contributed by atoms with Gasteiger partial charge in [-0.2, -0.15) is 0 Å². The SMILES string of the molecule is CC(Cc1ccncc1)O[C]=O. The van der Waals surface area contributed by atoms with Gasteiger partial charge in [0.1, 0.15) is 6.10 Å². The molecule has 3 heteroatoms. The van der Waals surface area contributed by atoms with Gasteiger partial charge in [-0.05, 0) is 24.6 Å². The predicted octanol–water partition coefficient (Wildman–Crippen LogP) is 1.10. The summed E-state index contributed by atoms with van der Waals surface area (Å²) in [4.78, 5) is 13.7. The molecule has 0 saturated heterocycles. The second-order valence-electron chi connectivity index (χ2n) is 2.57. The van der Waals surface area contributed by atoms with E-state index in [1.165, 1.54) is 6.47 Å². The normalized spacial score (nSPS) is 12.1. The molecule has 0 spiro atoms. The molecule has 0 aliphatic heterocycles. The molecule has 0 fully saturated rings. The molecule has 63 valence electrons. The minimum atomic E-state index is -0.120. The molecule has 0 bridgehead atoms. The van der Waals surface area contributed by atoms with Crippen LogP contribution >= 0.6 is 0 Å². The van der Waals surface area contributed by atoms with Gasteiger partial charge in [-0.25, -0.2) is 4.79 Å². The largest absolute Gasteiger partial charge is 0.454 e. The number of nitrogens with zero attached hydrogens (tertiary/aromatic N) is 1. The summed E-state index contributed by atoms with van der Waals surface area (Å²) in [5.74, 6) is 0. The third-order valence-electron chi connectivity index (χ3n) is 1.52. The van der Waals surface area contributed by atoms with Crippen molar-refractivity contribution in [2.24, 2.45) is 0 Å². The summed E-state index contributed by atoms with van der Waals surface area (Å²) in [5.41, 5.74) is 1.10. The van der Waals surface area contributed by atoms with Crippen molar-refractivity contribution in [3.63, 3.8) is 0 Å². The Morgan fingerprint density at radius 1 is 1.58 bits per heavy atom. The summed E-state index contributed by atoms with van der Waals surface area (Å²) in [6, 6.07) is 3.79. The van der Waals surface area contributed by atoms with Crippen molar-refractivity contribution in [3.05, 3.63) is 30.1 Å². The van der Waals surface area contributed by atoms with Crippen molar-refractivity contribution in [3.8, 4) is 0 Å². The molecule has 12 heavy (non-hydrogen) atoms. The summed E-state index contributed by atoms with van der Waals surface area (Å²) in [7, 11) is 0. The molecule has 1 atom stereocenters. The Bertz CT molecular complexity index is 236. The lowest BCUT2D eigenvalue weighted by atomic mass is 10.1. The van der Waals surface area contributed by atoms with E-state index in [1.807, 2.05) is 19.1 Å². The molecule has 0 aliphatic rings. The second kappa shape index (κ2) is 4.49. The minimum absolute atomic E-state index is 0.120. The summed E-state index contributed by atoms with van der Waals surface area (Å²) in [6.07, 6.45) is 4.02. The number of pyridine rings is 1. The first-order chi connectivity index (χ1) is 5.83. The van der Waals surface area contributed by atoms with Gasteiger partial charge in [0, 0.05) is 18.8 Å². The van der Waals surface area contributed by atoms with Crippen molar-refractivity contribution < 1.29 is 9.53 Å². The predicted molar refractivity (Wildman–Crippen MR) is 44.2 cm³/mol. The van der Waals surface area contributed by atoms with E-state index in [2.05, 4.69) is 9.72 Å². The molecule has 1 heterocycles. The number of aromatic nitrogens is 1. The van der Waals surface area contributed by atoms with Gasteiger partial charge >= 0.3 is 6.47 Å². The van der Waals surface area contributed by atoms with Crippen LogP contribution in [0.4, 0.5) is 0 Å². The van der Waals surface area contributed by atoms with Crippen LogP contribution in [0.1, 0.15) is 12.5 Å². The number of hydrogen-bond acceptors (Lipinski definition) is 3. The van der Waals surface area contributed by atoms with Crippen molar-refractivity contribution in [2.45, 2.75) is 19.4 Å². The zero-order chi connectivity index (χ0) is 8.81. The van der Waals surface area contributed by atoms with Gasteiger partial charge < -0.3 is 4.74 Å². The fourth-order valence-corrected chi connectivity index (χ4v) is 0.975. The van der Waals surface area contributed by atoms with Crippen LogP contribution in [0.2, 0.25) is 0 Å². The third kappa shape index (κ3) is 2.70. The first-order valence-corrected chi connectivity index (χ1v) is 3.74. The summed E-state index contributed by atoms with van der Waals surface area (Å²) in [5, 5.41) is 0. The number of hydrogen-bond donors (Lipinski definition) is 0. The monoisotopic (exact) mass is 164 g/mol. The van der Waals surface area contributed by atoms with Crippen molar-refractivity contribution >= 4 is 6.47 Å². The Balaban J connectivity index is 2.46. The zero-order valence-electron chi connectivity index (χ0n) is 6.86. The lowest BCUT2D eigenvalue weighted by Gasteiger charge is -2.07. The molecule has 0 saturated carbocycles. The zero-order valence-corrected chi connectivity index (χ0v) is 6.86. The van der Waals surface area contributed by atoms with E-state index in [0.717, 1.165) is 5.56 Å². The smallest absolute Gasteiger partial charge is 0.417 e. The second-order valence-corrected chi connectivity index (χ2v) is 2.57. The number of ether oxygens (including phenoxy) is 1. The highest BCUT2D eigenvalue weighted by molar-refractivity contribution is 5.38. The highest BCUT2D eigenvalue weighted by Crippen LogP contribution is 2.02. The third-order valence-corrected chi connectivity index (χ3v) is 1.52. The van der Waals surface area contributed by atoms with Crippen LogP contribution in [0, 0.1) is 0 Å². The van der Waals surface area contributed by atoms with Gasteiger partial charge in [-0.15, -0.1) is 0 Å². The van der Waals surface area contributed by atoms with Crippen LogP contribution in [0.5, 0.6) is 0 Å². The Hall–Kier alpha value is -1.38. The Morgan fingerprint density at radius 2 is 2.25 bits per heavy atom. The lowest BCUT2D eigenvalue weighted by molar-refractivity contribution is 0.194. The first kappa shape index (κ1) is 8.71. The summed E-state index contributed by atoms with van der Waals surface area (Å²) >= 11 is 0. The molecule has 0 amide bonds. The molecular formula is C9H10NO2. The van der Waals surface area contributed by atoms with E-state index < -0.39 is 0 Å². The molecule has 1 aromatic rings. The van der Waals surface area contributed by atoms with E-state index in [0.29, 0.717) is 6.42 Å². The van der Waals surface area contributed by atoms with E-state index in [9.17, 15) is 4.79 Å². The maximum Gasteiger partial charge on any atom is 0.417 e. The van der Waals surface area contributed by atoms with Crippen LogP contribution in [-0.2, 0) is 16.0 Å². The van der Waals surface area contributed by atoms with Crippen LogP contribution in [0.25, 0.3) is 0 Å². The van der Waals surface area contributed by atoms with Gasteiger partial charge in [0.2, 0.25) is 0 Å². The van der Waals surface area contributed by atoms with E-state index >= 15 is 0 Å². The first-order valence-electron chi connectivity index (χ1n) is 3.74. The molecule has 0 aliphatic carbocycles. The van der Waals surface area contributed by atoms with E-state index in [-0.39, 0.29) is 6.10 Å². The Morgan fingerprint density at radius 3 is 2.83 bits per heavy atom. The lowest BCUT2D eigenvalue weighted by Crippen LogP contribution is -2.10. The van der Waals surface area contributed by atoms with Crippen LogP contribution in [0.15, 0.2) is 24.5 Å².